The van der Waals surface area contributed by atoms with Gasteiger partial charge < -0.3 is 15.0 Å². The summed E-state index contributed by atoms with van der Waals surface area (Å²) in [5, 5.41) is 14.1. The van der Waals surface area contributed by atoms with Crippen molar-refractivity contribution < 1.29 is 9.90 Å². The number of benzene rings is 1. The van der Waals surface area contributed by atoms with Crippen molar-refractivity contribution in [1.82, 2.24) is 9.88 Å². The Hall–Kier alpha value is -1.81. The molecule has 1 atom stereocenters. The Morgan fingerprint density at radius 2 is 2.05 bits per heavy atom. The quantitative estimate of drug-likeness (QED) is 0.909. The zero-order valence-corrected chi connectivity index (χ0v) is 13.2. The highest BCUT2D eigenvalue weighted by molar-refractivity contribution is 5.81. The molecular formula is C17H24N2O2. The standard InChI is InChI=1S/C17H24N2O2/c1-17(2,3)10-16(21)18-11-15(20)13-5-6-14-12(9-13)7-8-19(14)4/h5-9,15,20H,10-11H2,1-4H3,(H,18,21)/t15-/m1/s1. The molecule has 0 bridgehead atoms. The largest absolute Gasteiger partial charge is 0.387 e. The van der Waals surface area contributed by atoms with Crippen LogP contribution in [0.15, 0.2) is 30.5 Å². The molecule has 114 valence electrons. The third kappa shape index (κ3) is 4.08. The number of aliphatic hydroxyl groups is 1. The van der Waals surface area contributed by atoms with Gasteiger partial charge in [0.15, 0.2) is 0 Å². The summed E-state index contributed by atoms with van der Waals surface area (Å²) in [6, 6.07) is 7.88. The number of fused-ring (bicyclic) bond motifs is 1. The van der Waals surface area contributed by atoms with Crippen LogP contribution in [0.2, 0.25) is 0 Å². The molecule has 2 rings (SSSR count). The molecule has 4 nitrogen and oxygen atoms in total. The van der Waals surface area contributed by atoms with Gasteiger partial charge in [-0.05, 0) is 34.6 Å². The zero-order valence-electron chi connectivity index (χ0n) is 13.2. The van der Waals surface area contributed by atoms with E-state index < -0.39 is 6.10 Å². The number of nitrogens with one attached hydrogen (secondary N) is 1. The molecule has 0 aliphatic heterocycles. The van der Waals surface area contributed by atoms with E-state index in [2.05, 4.69) is 5.32 Å². The molecule has 0 unspecified atom stereocenters. The second-order valence-corrected chi connectivity index (χ2v) is 6.80. The third-order valence-corrected chi connectivity index (χ3v) is 3.48. The Kier molecular flexibility index (Phi) is 4.37. The molecule has 0 aliphatic rings. The number of carbonyl (C=O) groups excluding carboxylic acids is 1. The van der Waals surface area contributed by atoms with E-state index in [1.54, 1.807) is 0 Å². The van der Waals surface area contributed by atoms with Crippen molar-refractivity contribution in [2.75, 3.05) is 6.54 Å². The molecule has 0 spiro atoms. The van der Waals surface area contributed by atoms with Crippen molar-refractivity contribution >= 4 is 16.8 Å². The van der Waals surface area contributed by atoms with Gasteiger partial charge in [0, 0.05) is 31.7 Å². The van der Waals surface area contributed by atoms with Gasteiger partial charge in [0.2, 0.25) is 5.91 Å². The molecule has 1 amide bonds. The number of aliphatic hydroxyl groups excluding tert-OH is 1. The average Bonchev–Trinajstić information content (AvgIpc) is 2.75. The third-order valence-electron chi connectivity index (χ3n) is 3.48. The van der Waals surface area contributed by atoms with Gasteiger partial charge in [-0.1, -0.05) is 26.8 Å². The molecule has 0 saturated heterocycles. The van der Waals surface area contributed by atoms with Crippen molar-refractivity contribution in [3.05, 3.63) is 36.0 Å². The van der Waals surface area contributed by atoms with E-state index in [1.165, 1.54) is 0 Å². The second kappa shape index (κ2) is 5.90. The van der Waals surface area contributed by atoms with Crippen LogP contribution in [0, 0.1) is 5.41 Å². The van der Waals surface area contributed by atoms with E-state index in [1.807, 2.05) is 62.8 Å². The van der Waals surface area contributed by atoms with Crippen molar-refractivity contribution in [2.24, 2.45) is 12.5 Å². The number of carbonyl (C=O) groups is 1. The van der Waals surface area contributed by atoms with E-state index in [-0.39, 0.29) is 17.9 Å². The van der Waals surface area contributed by atoms with Gasteiger partial charge in [-0.15, -0.1) is 0 Å². The summed E-state index contributed by atoms with van der Waals surface area (Å²) in [5.41, 5.74) is 1.91. The van der Waals surface area contributed by atoms with E-state index >= 15 is 0 Å². The van der Waals surface area contributed by atoms with Crippen LogP contribution in [-0.2, 0) is 11.8 Å². The molecule has 1 heterocycles. The minimum absolute atomic E-state index is 0.0256. The number of aromatic nitrogens is 1. The van der Waals surface area contributed by atoms with E-state index in [9.17, 15) is 9.90 Å². The van der Waals surface area contributed by atoms with Crippen molar-refractivity contribution in [2.45, 2.75) is 33.3 Å². The fourth-order valence-corrected chi connectivity index (χ4v) is 2.38. The number of amides is 1. The highest BCUT2D eigenvalue weighted by Gasteiger charge is 2.17. The average molecular weight is 288 g/mol. The van der Waals surface area contributed by atoms with Crippen molar-refractivity contribution in [1.29, 1.82) is 0 Å². The first-order valence-electron chi connectivity index (χ1n) is 7.26. The predicted octanol–water partition coefficient (Wildman–Crippen LogP) is 2.76. The molecule has 0 aliphatic carbocycles. The van der Waals surface area contributed by atoms with Gasteiger partial charge in [0.25, 0.3) is 0 Å². The maximum absolute atomic E-state index is 11.8. The molecule has 0 saturated carbocycles. The maximum Gasteiger partial charge on any atom is 0.220 e. The minimum atomic E-state index is -0.682. The van der Waals surface area contributed by atoms with Gasteiger partial charge in [0.05, 0.1) is 6.10 Å². The van der Waals surface area contributed by atoms with Gasteiger partial charge >= 0.3 is 0 Å². The first-order chi connectivity index (χ1) is 9.76. The zero-order chi connectivity index (χ0) is 15.6. The molecule has 1 aromatic carbocycles. The summed E-state index contributed by atoms with van der Waals surface area (Å²) in [5.74, 6) is -0.0256. The topological polar surface area (TPSA) is 54.3 Å². The Morgan fingerprint density at radius 3 is 2.71 bits per heavy atom. The van der Waals surface area contributed by atoms with Crippen LogP contribution in [0.4, 0.5) is 0 Å². The summed E-state index contributed by atoms with van der Waals surface area (Å²) in [7, 11) is 1.99. The van der Waals surface area contributed by atoms with Gasteiger partial charge in [-0.25, -0.2) is 0 Å². The lowest BCUT2D eigenvalue weighted by Gasteiger charge is -2.18. The predicted molar refractivity (Wildman–Crippen MR) is 85.0 cm³/mol. The fraction of sp³-hybridized carbons (Fsp3) is 0.471. The maximum atomic E-state index is 11.8. The number of hydrogen-bond donors (Lipinski definition) is 2. The Labute approximate surface area is 125 Å². The van der Waals surface area contributed by atoms with Crippen LogP contribution in [0.25, 0.3) is 10.9 Å². The van der Waals surface area contributed by atoms with Crippen LogP contribution in [0.3, 0.4) is 0 Å². The lowest BCUT2D eigenvalue weighted by atomic mass is 9.92. The normalized spacial score (nSPS) is 13.4. The summed E-state index contributed by atoms with van der Waals surface area (Å²) in [4.78, 5) is 11.8. The second-order valence-electron chi connectivity index (χ2n) is 6.80. The lowest BCUT2D eigenvalue weighted by Crippen LogP contribution is -2.31. The van der Waals surface area contributed by atoms with Crippen molar-refractivity contribution in [3.8, 4) is 0 Å². The van der Waals surface area contributed by atoms with Crippen molar-refractivity contribution in [3.63, 3.8) is 0 Å². The Morgan fingerprint density at radius 1 is 1.33 bits per heavy atom. The summed E-state index contributed by atoms with van der Waals surface area (Å²) >= 11 is 0. The fourth-order valence-electron chi connectivity index (χ4n) is 2.38. The van der Waals surface area contributed by atoms with Gasteiger partial charge in [-0.3, -0.25) is 4.79 Å². The lowest BCUT2D eigenvalue weighted by molar-refractivity contribution is -0.123. The minimum Gasteiger partial charge on any atom is -0.387 e. The molecule has 0 radical (unpaired) electrons. The number of rotatable bonds is 4. The molecule has 4 heteroatoms. The summed E-state index contributed by atoms with van der Waals surface area (Å²) in [6.45, 7) is 6.30. The Balaban J connectivity index is 1.98. The first kappa shape index (κ1) is 15.6. The van der Waals surface area contributed by atoms with E-state index in [4.69, 9.17) is 0 Å². The van der Waals surface area contributed by atoms with Crippen LogP contribution in [0.1, 0.15) is 38.9 Å². The first-order valence-corrected chi connectivity index (χ1v) is 7.26. The van der Waals surface area contributed by atoms with Gasteiger partial charge in [-0.2, -0.15) is 0 Å². The summed E-state index contributed by atoms with van der Waals surface area (Å²) < 4.78 is 2.04. The highest BCUT2D eigenvalue weighted by Crippen LogP contribution is 2.21. The van der Waals surface area contributed by atoms with Crippen LogP contribution in [-0.4, -0.2) is 22.1 Å². The van der Waals surface area contributed by atoms with Crippen LogP contribution in [0.5, 0.6) is 0 Å². The van der Waals surface area contributed by atoms with Crippen LogP contribution < -0.4 is 5.32 Å². The molecule has 2 aromatic rings. The number of hydrogen-bond acceptors (Lipinski definition) is 2. The smallest absolute Gasteiger partial charge is 0.220 e. The van der Waals surface area contributed by atoms with E-state index in [0.717, 1.165) is 16.5 Å². The SMILES string of the molecule is Cn1ccc2cc([C@H](O)CNC(=O)CC(C)(C)C)ccc21. The van der Waals surface area contributed by atoms with Gasteiger partial charge in [0.1, 0.15) is 0 Å². The summed E-state index contributed by atoms with van der Waals surface area (Å²) in [6.07, 6.45) is 1.77. The molecule has 2 N–H and O–H groups in total. The van der Waals surface area contributed by atoms with Crippen LogP contribution >= 0.6 is 0 Å². The molecule has 0 fully saturated rings. The highest BCUT2D eigenvalue weighted by atomic mass is 16.3. The Bertz CT molecular complexity index is 638. The van der Waals surface area contributed by atoms with E-state index in [0.29, 0.717) is 6.42 Å². The molecule has 1 aromatic heterocycles. The number of aryl methyl sites for hydroxylation is 1. The molecule has 21 heavy (non-hydrogen) atoms. The monoisotopic (exact) mass is 288 g/mol. The molecular weight excluding hydrogens is 264 g/mol. The number of nitrogens with zero attached hydrogens (tertiary/aromatic N) is 1.